The van der Waals surface area contributed by atoms with Crippen LogP contribution in [0.4, 0.5) is 4.39 Å². The molecule has 0 aliphatic carbocycles. The molecule has 1 fully saturated rings. The maximum absolute atomic E-state index is 14.0. The average Bonchev–Trinajstić information content (AvgIpc) is 3.44. The number of guanidine groups is 1. The third-order valence-corrected chi connectivity index (χ3v) is 5.37. The Morgan fingerprint density at radius 1 is 1.26 bits per heavy atom. The van der Waals surface area contributed by atoms with Gasteiger partial charge in [-0.25, -0.2) is 9.37 Å². The first-order valence-corrected chi connectivity index (χ1v) is 10.1. The molecule has 4 rings (SSSR count). The molecule has 0 radical (unpaired) electrons. The van der Waals surface area contributed by atoms with E-state index in [1.54, 1.807) is 31.5 Å². The van der Waals surface area contributed by atoms with E-state index in [-0.39, 0.29) is 29.8 Å². The molecule has 0 bridgehead atoms. The number of furan rings is 1. The zero-order valence-electron chi connectivity index (χ0n) is 17.0. The van der Waals surface area contributed by atoms with Crippen LogP contribution >= 0.6 is 35.6 Å². The fourth-order valence-electron chi connectivity index (χ4n) is 3.41. The van der Waals surface area contributed by atoms with Crippen LogP contribution in [-0.4, -0.2) is 64.2 Å². The minimum absolute atomic E-state index is 0. The highest BCUT2D eigenvalue weighted by atomic mass is 127. The lowest BCUT2D eigenvalue weighted by Crippen LogP contribution is -2.52. The lowest BCUT2D eigenvalue weighted by atomic mass is 10.2. The number of rotatable bonds is 5. The second kappa shape index (κ2) is 10.9. The molecule has 1 aromatic carbocycles. The fourth-order valence-corrected chi connectivity index (χ4v) is 3.63. The molecule has 0 amide bonds. The summed E-state index contributed by atoms with van der Waals surface area (Å²) in [6.45, 7) is 4.09. The Morgan fingerprint density at radius 3 is 2.74 bits per heavy atom. The molecule has 3 aromatic rings. The summed E-state index contributed by atoms with van der Waals surface area (Å²) >= 11 is 6.16. The van der Waals surface area contributed by atoms with Gasteiger partial charge >= 0.3 is 0 Å². The van der Waals surface area contributed by atoms with Crippen LogP contribution in [0.1, 0.15) is 11.4 Å². The first-order chi connectivity index (χ1) is 14.6. The van der Waals surface area contributed by atoms with E-state index in [0.717, 1.165) is 32.1 Å². The number of hydrogen-bond donors (Lipinski definition) is 2. The van der Waals surface area contributed by atoms with Gasteiger partial charge in [-0.3, -0.25) is 15.0 Å². The molecule has 0 atom stereocenters. The van der Waals surface area contributed by atoms with Crippen LogP contribution in [0.2, 0.25) is 5.02 Å². The van der Waals surface area contributed by atoms with Crippen molar-refractivity contribution in [2.75, 3.05) is 33.2 Å². The van der Waals surface area contributed by atoms with Crippen molar-refractivity contribution in [3.8, 4) is 11.6 Å². The summed E-state index contributed by atoms with van der Waals surface area (Å²) in [7, 11) is 1.75. The van der Waals surface area contributed by atoms with Gasteiger partial charge in [0.2, 0.25) is 5.82 Å². The molecule has 3 heterocycles. The summed E-state index contributed by atoms with van der Waals surface area (Å²) in [4.78, 5) is 13.2. The summed E-state index contributed by atoms with van der Waals surface area (Å²) in [5, 5.41) is 10.9. The first-order valence-electron chi connectivity index (χ1n) is 9.70. The van der Waals surface area contributed by atoms with Crippen molar-refractivity contribution in [3.05, 3.63) is 58.8 Å². The number of hydrogen-bond acceptors (Lipinski definition) is 5. The fraction of sp³-hybridized carbons (Fsp3) is 0.350. The van der Waals surface area contributed by atoms with E-state index in [2.05, 4.69) is 35.3 Å². The number of benzene rings is 1. The normalized spacial score (nSPS) is 15.1. The molecule has 0 spiro atoms. The quantitative estimate of drug-likeness (QED) is 0.283. The molecule has 166 valence electrons. The highest BCUT2D eigenvalue weighted by Crippen LogP contribution is 2.21. The third kappa shape index (κ3) is 5.74. The Labute approximate surface area is 201 Å². The van der Waals surface area contributed by atoms with Crippen LogP contribution in [0.15, 0.2) is 46.0 Å². The Morgan fingerprint density at radius 2 is 2.06 bits per heavy atom. The molecular weight excluding hydrogens is 536 g/mol. The van der Waals surface area contributed by atoms with Gasteiger partial charge in [0.05, 0.1) is 12.8 Å². The van der Waals surface area contributed by atoms with Gasteiger partial charge in [0.15, 0.2) is 11.7 Å². The summed E-state index contributed by atoms with van der Waals surface area (Å²) in [6, 6.07) is 8.41. The van der Waals surface area contributed by atoms with Crippen LogP contribution in [0.3, 0.4) is 0 Å². The lowest BCUT2D eigenvalue weighted by Gasteiger charge is -2.36. The molecule has 1 saturated heterocycles. The van der Waals surface area contributed by atoms with Crippen LogP contribution in [-0.2, 0) is 13.1 Å². The molecule has 0 saturated carbocycles. The SMILES string of the molecule is CN=C(NCc1nc(-c2ccco2)n[nH]1)N1CCN(Cc2c(F)cccc2Cl)CC1.I. The molecule has 2 aromatic heterocycles. The highest BCUT2D eigenvalue weighted by Gasteiger charge is 2.21. The molecule has 8 nitrogen and oxygen atoms in total. The Balaban J connectivity index is 0.00000272. The van der Waals surface area contributed by atoms with Gasteiger partial charge in [-0.05, 0) is 24.3 Å². The number of piperazine rings is 1. The van der Waals surface area contributed by atoms with Crippen LogP contribution in [0.25, 0.3) is 11.6 Å². The molecule has 2 N–H and O–H groups in total. The molecule has 0 unspecified atom stereocenters. The number of H-pyrrole nitrogens is 1. The van der Waals surface area contributed by atoms with E-state index in [1.807, 2.05) is 6.07 Å². The zero-order chi connectivity index (χ0) is 20.9. The van der Waals surface area contributed by atoms with Crippen molar-refractivity contribution >= 4 is 41.5 Å². The Hall–Kier alpha value is -2.18. The van der Waals surface area contributed by atoms with Crippen molar-refractivity contribution in [2.24, 2.45) is 4.99 Å². The van der Waals surface area contributed by atoms with E-state index in [0.29, 0.717) is 41.1 Å². The maximum Gasteiger partial charge on any atom is 0.216 e. The molecule has 1 aliphatic heterocycles. The van der Waals surface area contributed by atoms with Crippen molar-refractivity contribution in [3.63, 3.8) is 0 Å². The summed E-state index contributed by atoms with van der Waals surface area (Å²) in [6.07, 6.45) is 1.59. The number of aliphatic imine (C=N–C) groups is 1. The van der Waals surface area contributed by atoms with Gasteiger partial charge in [0.25, 0.3) is 0 Å². The molecule has 31 heavy (non-hydrogen) atoms. The van der Waals surface area contributed by atoms with Crippen molar-refractivity contribution in [2.45, 2.75) is 13.1 Å². The van der Waals surface area contributed by atoms with Crippen LogP contribution in [0, 0.1) is 5.82 Å². The third-order valence-electron chi connectivity index (χ3n) is 5.01. The van der Waals surface area contributed by atoms with E-state index in [9.17, 15) is 4.39 Å². The Kier molecular flexibility index (Phi) is 8.27. The predicted molar refractivity (Wildman–Crippen MR) is 128 cm³/mol. The average molecular weight is 560 g/mol. The summed E-state index contributed by atoms with van der Waals surface area (Å²) in [5.74, 6) is 2.36. The molecule has 1 aliphatic rings. The zero-order valence-corrected chi connectivity index (χ0v) is 20.1. The number of halogens is 3. The largest absolute Gasteiger partial charge is 0.461 e. The second-order valence-electron chi connectivity index (χ2n) is 6.95. The van der Waals surface area contributed by atoms with Gasteiger partial charge in [-0.2, -0.15) is 0 Å². The second-order valence-corrected chi connectivity index (χ2v) is 7.35. The van der Waals surface area contributed by atoms with Gasteiger partial charge in [-0.1, -0.05) is 17.7 Å². The monoisotopic (exact) mass is 559 g/mol. The first kappa shape index (κ1) is 23.5. The summed E-state index contributed by atoms with van der Waals surface area (Å²) < 4.78 is 19.4. The minimum Gasteiger partial charge on any atom is -0.461 e. The van der Waals surface area contributed by atoms with E-state index in [4.69, 9.17) is 16.0 Å². The molecule has 11 heteroatoms. The number of nitrogens with one attached hydrogen (secondary N) is 2. The van der Waals surface area contributed by atoms with Crippen molar-refractivity contribution in [1.29, 1.82) is 0 Å². The van der Waals surface area contributed by atoms with Gasteiger partial charge < -0.3 is 14.6 Å². The van der Waals surface area contributed by atoms with E-state index in [1.165, 1.54) is 6.07 Å². The number of nitrogens with zero attached hydrogens (tertiary/aromatic N) is 5. The number of aromatic nitrogens is 3. The maximum atomic E-state index is 14.0. The minimum atomic E-state index is -0.261. The van der Waals surface area contributed by atoms with Crippen molar-refractivity contribution < 1.29 is 8.81 Å². The predicted octanol–water partition coefficient (Wildman–Crippen LogP) is 3.37. The smallest absolute Gasteiger partial charge is 0.216 e. The standard InChI is InChI=1S/C20H23ClFN7O.HI/c1-23-20(24-12-18-25-19(27-26-18)17-6-3-11-30-17)29-9-7-28(8-10-29)13-14-15(21)4-2-5-16(14)22;/h2-6,11H,7-10,12-13H2,1H3,(H,23,24)(H,25,26,27);1H. The highest BCUT2D eigenvalue weighted by molar-refractivity contribution is 14.0. The van der Waals surface area contributed by atoms with Crippen LogP contribution < -0.4 is 5.32 Å². The topological polar surface area (TPSA) is 85.6 Å². The van der Waals surface area contributed by atoms with Gasteiger partial charge in [0, 0.05) is 50.4 Å². The summed E-state index contributed by atoms with van der Waals surface area (Å²) in [5.41, 5.74) is 0.549. The van der Waals surface area contributed by atoms with Gasteiger partial charge in [-0.15, -0.1) is 29.1 Å². The Bertz CT molecular complexity index is 983. The number of aromatic amines is 1. The lowest BCUT2D eigenvalue weighted by molar-refractivity contribution is 0.171. The van der Waals surface area contributed by atoms with Gasteiger partial charge in [0.1, 0.15) is 11.6 Å². The van der Waals surface area contributed by atoms with Crippen LogP contribution in [0.5, 0.6) is 0 Å². The van der Waals surface area contributed by atoms with Crippen molar-refractivity contribution in [1.82, 2.24) is 30.3 Å². The van der Waals surface area contributed by atoms with E-state index >= 15 is 0 Å². The molecular formula is C20H24ClFIN7O. The van der Waals surface area contributed by atoms with E-state index < -0.39 is 0 Å².